The molecule has 0 N–H and O–H groups in total. The van der Waals surface area contributed by atoms with E-state index in [0.717, 1.165) is 0 Å². The summed E-state index contributed by atoms with van der Waals surface area (Å²) in [6.07, 6.45) is 0. The Bertz CT molecular complexity index is 894. The van der Waals surface area contributed by atoms with Crippen molar-refractivity contribution in [1.29, 1.82) is 0 Å². The van der Waals surface area contributed by atoms with E-state index in [1.54, 1.807) is 36.4 Å². The molecule has 8 heteroatoms. The Kier molecular flexibility index (Phi) is 5.21. The lowest BCUT2D eigenvalue weighted by Gasteiger charge is -2.07. The van der Waals surface area contributed by atoms with Gasteiger partial charge in [-0.15, -0.1) is 10.2 Å². The van der Waals surface area contributed by atoms with E-state index in [-0.39, 0.29) is 18.1 Å². The van der Waals surface area contributed by atoms with Crippen LogP contribution in [0.3, 0.4) is 0 Å². The van der Waals surface area contributed by atoms with Crippen molar-refractivity contribution < 1.29 is 18.7 Å². The number of carbonyl (C=O) groups is 1. The second-order valence-corrected chi connectivity index (χ2v) is 5.80. The molecule has 0 aliphatic carbocycles. The third-order valence-corrected chi connectivity index (χ3v) is 3.75. The molecular weight excluding hydrogens is 367 g/mol. The molecular formula is C17H12Cl2N2O4. The average Bonchev–Trinajstić information content (AvgIpc) is 3.09. The van der Waals surface area contributed by atoms with Crippen molar-refractivity contribution in [2.75, 3.05) is 7.11 Å². The second-order valence-electron chi connectivity index (χ2n) is 4.93. The number of rotatable bonds is 5. The Morgan fingerprint density at radius 3 is 2.52 bits per heavy atom. The normalized spacial score (nSPS) is 10.5. The highest BCUT2D eigenvalue weighted by Crippen LogP contribution is 2.24. The van der Waals surface area contributed by atoms with Gasteiger partial charge in [-0.25, -0.2) is 4.79 Å². The Morgan fingerprint density at radius 1 is 1.08 bits per heavy atom. The third kappa shape index (κ3) is 4.10. The highest BCUT2D eigenvalue weighted by Gasteiger charge is 2.16. The van der Waals surface area contributed by atoms with E-state index in [4.69, 9.17) is 37.1 Å². The number of hydrogen-bond donors (Lipinski definition) is 0. The largest absolute Gasteiger partial charge is 0.496 e. The number of benzene rings is 2. The van der Waals surface area contributed by atoms with Gasteiger partial charge in [0.25, 0.3) is 5.89 Å². The first-order valence-electron chi connectivity index (χ1n) is 7.16. The highest BCUT2D eigenvalue weighted by molar-refractivity contribution is 6.31. The minimum atomic E-state index is -0.606. The van der Waals surface area contributed by atoms with Gasteiger partial charge in [-0.05, 0) is 42.5 Å². The number of hydrogen-bond acceptors (Lipinski definition) is 6. The SMILES string of the molecule is COc1ccc(Cl)cc1C(=O)OCc1nnc(-c2ccc(Cl)cc2)o1. The van der Waals surface area contributed by atoms with E-state index < -0.39 is 5.97 Å². The van der Waals surface area contributed by atoms with Gasteiger partial charge in [0.05, 0.1) is 7.11 Å². The summed E-state index contributed by atoms with van der Waals surface area (Å²) in [6.45, 7) is -0.172. The summed E-state index contributed by atoms with van der Waals surface area (Å²) < 4.78 is 15.8. The topological polar surface area (TPSA) is 74.5 Å². The van der Waals surface area contributed by atoms with Crippen LogP contribution in [0, 0.1) is 0 Å². The number of esters is 1. The molecule has 1 heterocycles. The molecule has 0 bridgehead atoms. The molecule has 0 aliphatic heterocycles. The average molecular weight is 379 g/mol. The molecule has 0 saturated heterocycles. The van der Waals surface area contributed by atoms with E-state index in [1.165, 1.54) is 13.2 Å². The molecule has 0 radical (unpaired) electrons. The summed E-state index contributed by atoms with van der Waals surface area (Å²) in [6, 6.07) is 11.6. The van der Waals surface area contributed by atoms with Gasteiger partial charge < -0.3 is 13.9 Å². The lowest BCUT2D eigenvalue weighted by Crippen LogP contribution is -2.07. The smallest absolute Gasteiger partial charge is 0.342 e. The molecule has 6 nitrogen and oxygen atoms in total. The molecule has 128 valence electrons. The van der Waals surface area contributed by atoms with Crippen molar-refractivity contribution in [1.82, 2.24) is 10.2 Å². The minimum absolute atomic E-state index is 0.166. The maximum atomic E-state index is 12.2. The van der Waals surface area contributed by atoms with Crippen LogP contribution in [0.4, 0.5) is 0 Å². The van der Waals surface area contributed by atoms with E-state index >= 15 is 0 Å². The Balaban J connectivity index is 1.69. The molecule has 0 atom stereocenters. The van der Waals surface area contributed by atoms with Crippen molar-refractivity contribution in [2.45, 2.75) is 6.61 Å². The zero-order chi connectivity index (χ0) is 17.8. The molecule has 0 amide bonds. The zero-order valence-electron chi connectivity index (χ0n) is 13.0. The summed E-state index contributed by atoms with van der Waals surface area (Å²) >= 11 is 11.7. The first-order chi connectivity index (χ1) is 12.1. The lowest BCUT2D eigenvalue weighted by atomic mass is 10.2. The van der Waals surface area contributed by atoms with E-state index in [1.807, 2.05) is 0 Å². The second kappa shape index (κ2) is 7.55. The molecule has 3 aromatic rings. The van der Waals surface area contributed by atoms with Crippen LogP contribution < -0.4 is 4.74 Å². The fourth-order valence-electron chi connectivity index (χ4n) is 2.07. The van der Waals surface area contributed by atoms with Crippen molar-refractivity contribution >= 4 is 29.2 Å². The van der Waals surface area contributed by atoms with Crippen molar-refractivity contribution in [3.05, 3.63) is 64.0 Å². The molecule has 2 aromatic carbocycles. The molecule has 0 fully saturated rings. The van der Waals surface area contributed by atoms with Gasteiger partial charge in [0.15, 0.2) is 6.61 Å². The molecule has 0 spiro atoms. The van der Waals surface area contributed by atoms with Gasteiger partial charge in [-0.3, -0.25) is 0 Å². The summed E-state index contributed by atoms with van der Waals surface area (Å²) in [7, 11) is 1.45. The minimum Gasteiger partial charge on any atom is -0.496 e. The maximum Gasteiger partial charge on any atom is 0.342 e. The van der Waals surface area contributed by atoms with Crippen LogP contribution in [0.5, 0.6) is 5.75 Å². The summed E-state index contributed by atoms with van der Waals surface area (Å²) in [5.74, 6) is 0.231. The third-order valence-electron chi connectivity index (χ3n) is 3.27. The maximum absolute atomic E-state index is 12.2. The van der Waals surface area contributed by atoms with Crippen LogP contribution >= 0.6 is 23.2 Å². The van der Waals surface area contributed by atoms with Gasteiger partial charge in [-0.1, -0.05) is 23.2 Å². The number of ether oxygens (including phenoxy) is 2. The van der Waals surface area contributed by atoms with Gasteiger partial charge in [0.2, 0.25) is 5.89 Å². The Labute approximate surface area is 153 Å². The summed E-state index contributed by atoms with van der Waals surface area (Å²) in [5, 5.41) is 8.78. The monoisotopic (exact) mass is 378 g/mol. The van der Waals surface area contributed by atoms with Crippen LogP contribution in [-0.2, 0) is 11.3 Å². The molecule has 0 unspecified atom stereocenters. The van der Waals surface area contributed by atoms with Crippen LogP contribution in [0.25, 0.3) is 11.5 Å². The van der Waals surface area contributed by atoms with Gasteiger partial charge in [0, 0.05) is 15.6 Å². The number of carbonyl (C=O) groups excluding carboxylic acids is 1. The van der Waals surface area contributed by atoms with E-state index in [2.05, 4.69) is 10.2 Å². The van der Waals surface area contributed by atoms with Gasteiger partial charge in [-0.2, -0.15) is 0 Å². The standard InChI is InChI=1S/C17H12Cl2N2O4/c1-23-14-7-6-12(19)8-13(14)17(22)24-9-15-20-21-16(25-15)10-2-4-11(18)5-3-10/h2-8H,9H2,1H3. The van der Waals surface area contributed by atoms with Crippen LogP contribution in [0.15, 0.2) is 46.9 Å². The number of halogens is 2. The van der Waals surface area contributed by atoms with E-state index in [0.29, 0.717) is 27.2 Å². The quantitative estimate of drug-likeness (QED) is 0.612. The van der Waals surface area contributed by atoms with Crippen molar-refractivity contribution in [3.63, 3.8) is 0 Å². The van der Waals surface area contributed by atoms with Gasteiger partial charge >= 0.3 is 5.97 Å². The van der Waals surface area contributed by atoms with Crippen molar-refractivity contribution in [3.8, 4) is 17.2 Å². The van der Waals surface area contributed by atoms with Crippen LogP contribution in [-0.4, -0.2) is 23.3 Å². The molecule has 1 aromatic heterocycles. The fourth-order valence-corrected chi connectivity index (χ4v) is 2.36. The molecule has 3 rings (SSSR count). The first-order valence-corrected chi connectivity index (χ1v) is 7.91. The zero-order valence-corrected chi connectivity index (χ0v) is 14.5. The summed E-state index contributed by atoms with van der Waals surface area (Å²) in [4.78, 5) is 12.2. The fraction of sp³-hybridized carbons (Fsp3) is 0.118. The Morgan fingerprint density at radius 2 is 1.80 bits per heavy atom. The van der Waals surface area contributed by atoms with E-state index in [9.17, 15) is 4.79 Å². The van der Waals surface area contributed by atoms with Gasteiger partial charge in [0.1, 0.15) is 11.3 Å². The predicted octanol–water partition coefficient (Wildman–Crippen LogP) is 4.41. The lowest BCUT2D eigenvalue weighted by molar-refractivity contribution is 0.0435. The number of aromatic nitrogens is 2. The molecule has 0 saturated carbocycles. The summed E-state index contributed by atoms with van der Waals surface area (Å²) in [5.41, 5.74) is 0.929. The van der Waals surface area contributed by atoms with Crippen LogP contribution in [0.2, 0.25) is 10.0 Å². The Hall–Kier alpha value is -2.57. The van der Waals surface area contributed by atoms with Crippen molar-refractivity contribution in [2.24, 2.45) is 0 Å². The van der Waals surface area contributed by atoms with Crippen LogP contribution in [0.1, 0.15) is 16.2 Å². The predicted molar refractivity (Wildman–Crippen MR) is 91.9 cm³/mol. The number of methoxy groups -OCH3 is 1. The molecule has 0 aliphatic rings. The highest BCUT2D eigenvalue weighted by atomic mass is 35.5. The number of nitrogens with zero attached hydrogens (tertiary/aromatic N) is 2. The first kappa shape index (κ1) is 17.3. The molecule has 25 heavy (non-hydrogen) atoms.